The summed E-state index contributed by atoms with van der Waals surface area (Å²) in [6.45, 7) is 9.47. The summed E-state index contributed by atoms with van der Waals surface area (Å²) in [4.78, 5) is 33.9. The highest BCUT2D eigenvalue weighted by atomic mass is 16.5. The van der Waals surface area contributed by atoms with E-state index in [1.54, 1.807) is 0 Å². The molecule has 0 aliphatic carbocycles. The number of hydrogen-bond donors (Lipinski definition) is 1. The molecule has 0 saturated carbocycles. The smallest absolute Gasteiger partial charge is 0.333 e. The molecule has 0 aromatic heterocycles. The summed E-state index contributed by atoms with van der Waals surface area (Å²) >= 11 is 0. The molecule has 0 bridgehead atoms. The Morgan fingerprint density at radius 1 is 1.17 bits per heavy atom. The number of carbonyl (C=O) groups is 3. The van der Waals surface area contributed by atoms with Gasteiger partial charge in [-0.2, -0.15) is 0 Å². The molecule has 0 radical (unpaired) electrons. The zero-order chi connectivity index (χ0) is 14.3. The van der Waals surface area contributed by atoms with Gasteiger partial charge in [-0.05, 0) is 13.8 Å². The molecule has 1 N–H and O–H groups in total. The lowest BCUT2D eigenvalue weighted by atomic mass is 10.2. The Bertz CT molecular complexity index is 386. The summed E-state index contributed by atoms with van der Waals surface area (Å²) in [7, 11) is 1.17. The average Bonchev–Trinajstić information content (AvgIpc) is 2.32. The van der Waals surface area contributed by atoms with Crippen molar-refractivity contribution >= 4 is 17.8 Å². The van der Waals surface area contributed by atoms with E-state index in [0.717, 1.165) is 0 Å². The summed E-state index contributed by atoms with van der Waals surface area (Å²) in [5, 5.41) is 2.34. The van der Waals surface area contributed by atoms with E-state index < -0.39 is 23.9 Å². The Labute approximate surface area is 106 Å². The topological polar surface area (TPSA) is 81.7 Å². The van der Waals surface area contributed by atoms with Gasteiger partial charge in [-0.15, -0.1) is 0 Å². The van der Waals surface area contributed by atoms with Crippen molar-refractivity contribution in [3.05, 3.63) is 24.3 Å². The molecule has 100 valence electrons. The minimum Gasteiger partial charge on any atom is -0.467 e. The first kappa shape index (κ1) is 15.9. The van der Waals surface area contributed by atoms with Gasteiger partial charge in [0.2, 0.25) is 5.91 Å². The number of esters is 2. The lowest BCUT2D eigenvalue weighted by molar-refractivity contribution is -0.150. The van der Waals surface area contributed by atoms with Gasteiger partial charge >= 0.3 is 11.9 Å². The first-order valence-electron chi connectivity index (χ1n) is 5.16. The Balaban J connectivity index is 4.56. The standard InChI is InChI=1S/C12H17NO5/c1-7(2)10(14)13-9(12(16)17-5)6-18-11(15)8(3)4/h9H,1,3,6H2,2,4-5H3,(H,13,14)/t9-/m0/s1. The molecule has 0 unspecified atom stereocenters. The quantitative estimate of drug-likeness (QED) is 0.546. The van der Waals surface area contributed by atoms with Crippen LogP contribution in [-0.2, 0) is 23.9 Å². The van der Waals surface area contributed by atoms with Crippen LogP contribution in [0.1, 0.15) is 13.8 Å². The molecule has 0 spiro atoms. The fourth-order valence-corrected chi connectivity index (χ4v) is 0.875. The lowest BCUT2D eigenvalue weighted by Gasteiger charge is -2.16. The van der Waals surface area contributed by atoms with Crippen molar-refractivity contribution in [1.82, 2.24) is 5.32 Å². The number of ether oxygens (including phenoxy) is 2. The van der Waals surface area contributed by atoms with Crippen molar-refractivity contribution in [3.63, 3.8) is 0 Å². The molecule has 0 aromatic carbocycles. The molecule has 0 rings (SSSR count). The predicted octanol–water partition coefficient (Wildman–Crippen LogP) is 0.340. The third-order valence-electron chi connectivity index (χ3n) is 1.91. The van der Waals surface area contributed by atoms with E-state index in [1.165, 1.54) is 21.0 Å². The van der Waals surface area contributed by atoms with Gasteiger partial charge in [-0.3, -0.25) is 4.79 Å². The van der Waals surface area contributed by atoms with E-state index in [4.69, 9.17) is 4.74 Å². The molecule has 6 nitrogen and oxygen atoms in total. The number of carbonyl (C=O) groups excluding carboxylic acids is 3. The highest BCUT2D eigenvalue weighted by Gasteiger charge is 2.23. The van der Waals surface area contributed by atoms with E-state index in [-0.39, 0.29) is 17.8 Å². The summed E-state index contributed by atoms with van der Waals surface area (Å²) in [6.07, 6.45) is 0. The van der Waals surface area contributed by atoms with Crippen LogP contribution in [0.3, 0.4) is 0 Å². The van der Waals surface area contributed by atoms with Gasteiger partial charge in [0.15, 0.2) is 6.04 Å². The second-order valence-corrected chi connectivity index (χ2v) is 3.71. The van der Waals surface area contributed by atoms with E-state index in [1.807, 2.05) is 0 Å². The molecule has 0 aliphatic rings. The van der Waals surface area contributed by atoms with Gasteiger partial charge in [0, 0.05) is 11.1 Å². The number of rotatable bonds is 6. The Kier molecular flexibility index (Phi) is 6.41. The Hall–Kier alpha value is -2.11. The number of nitrogens with one attached hydrogen (secondary N) is 1. The van der Waals surface area contributed by atoms with Crippen LogP contribution < -0.4 is 5.32 Å². The highest BCUT2D eigenvalue weighted by molar-refractivity contribution is 5.95. The van der Waals surface area contributed by atoms with Crippen LogP contribution in [0.15, 0.2) is 24.3 Å². The maximum atomic E-state index is 11.4. The van der Waals surface area contributed by atoms with Crippen molar-refractivity contribution in [3.8, 4) is 0 Å². The predicted molar refractivity (Wildman–Crippen MR) is 64.5 cm³/mol. The second-order valence-electron chi connectivity index (χ2n) is 3.71. The van der Waals surface area contributed by atoms with E-state index in [9.17, 15) is 14.4 Å². The summed E-state index contributed by atoms with van der Waals surface area (Å²) in [5.74, 6) is -1.87. The van der Waals surface area contributed by atoms with Crippen molar-refractivity contribution < 1.29 is 23.9 Å². The SMILES string of the molecule is C=C(C)C(=O)N[C@@H](COC(=O)C(=C)C)C(=O)OC. The zero-order valence-electron chi connectivity index (χ0n) is 10.7. The second kappa shape index (κ2) is 7.26. The summed E-state index contributed by atoms with van der Waals surface area (Å²) in [5.41, 5.74) is 0.431. The normalized spacial score (nSPS) is 11.1. The van der Waals surface area contributed by atoms with E-state index in [0.29, 0.717) is 0 Å². The van der Waals surface area contributed by atoms with Crippen molar-refractivity contribution in [2.24, 2.45) is 0 Å². The van der Waals surface area contributed by atoms with Crippen LogP contribution in [-0.4, -0.2) is 37.6 Å². The molecule has 0 fully saturated rings. The molecule has 1 atom stereocenters. The first-order valence-corrected chi connectivity index (χ1v) is 5.16. The monoisotopic (exact) mass is 255 g/mol. The highest BCUT2D eigenvalue weighted by Crippen LogP contribution is 1.98. The molecule has 0 aliphatic heterocycles. The van der Waals surface area contributed by atoms with Gasteiger partial charge in [-0.1, -0.05) is 13.2 Å². The first-order chi connectivity index (χ1) is 8.29. The van der Waals surface area contributed by atoms with Crippen LogP contribution in [0.4, 0.5) is 0 Å². The fraction of sp³-hybridized carbons (Fsp3) is 0.417. The third kappa shape index (κ3) is 5.29. The Morgan fingerprint density at radius 3 is 2.11 bits per heavy atom. The van der Waals surface area contributed by atoms with Crippen molar-refractivity contribution in [2.45, 2.75) is 19.9 Å². The van der Waals surface area contributed by atoms with E-state index >= 15 is 0 Å². The zero-order valence-corrected chi connectivity index (χ0v) is 10.7. The molecule has 0 saturated heterocycles. The maximum Gasteiger partial charge on any atom is 0.333 e. The number of hydrogen-bond acceptors (Lipinski definition) is 5. The van der Waals surface area contributed by atoms with Crippen LogP contribution in [0, 0.1) is 0 Å². The van der Waals surface area contributed by atoms with Crippen LogP contribution in [0.25, 0.3) is 0 Å². The minimum atomic E-state index is -1.07. The van der Waals surface area contributed by atoms with Crippen LogP contribution in [0.5, 0.6) is 0 Å². The molecular weight excluding hydrogens is 238 g/mol. The average molecular weight is 255 g/mol. The minimum absolute atomic E-state index is 0.199. The number of amides is 1. The maximum absolute atomic E-state index is 11.4. The summed E-state index contributed by atoms with van der Waals surface area (Å²) in [6, 6.07) is -1.07. The molecular formula is C12H17NO5. The van der Waals surface area contributed by atoms with Gasteiger partial charge in [0.1, 0.15) is 6.61 Å². The van der Waals surface area contributed by atoms with Crippen molar-refractivity contribution in [1.29, 1.82) is 0 Å². The van der Waals surface area contributed by atoms with Gasteiger partial charge in [0.25, 0.3) is 0 Å². The molecule has 18 heavy (non-hydrogen) atoms. The lowest BCUT2D eigenvalue weighted by Crippen LogP contribution is -2.45. The largest absolute Gasteiger partial charge is 0.467 e. The van der Waals surface area contributed by atoms with Crippen LogP contribution in [0.2, 0.25) is 0 Å². The fourth-order valence-electron chi connectivity index (χ4n) is 0.875. The molecule has 0 aromatic rings. The van der Waals surface area contributed by atoms with Crippen LogP contribution >= 0.6 is 0 Å². The van der Waals surface area contributed by atoms with E-state index in [2.05, 4.69) is 23.2 Å². The summed E-state index contributed by atoms with van der Waals surface area (Å²) < 4.78 is 9.27. The third-order valence-corrected chi connectivity index (χ3v) is 1.91. The Morgan fingerprint density at radius 2 is 1.72 bits per heavy atom. The van der Waals surface area contributed by atoms with Crippen molar-refractivity contribution in [2.75, 3.05) is 13.7 Å². The number of methoxy groups -OCH3 is 1. The molecule has 1 amide bonds. The molecule has 0 heterocycles. The van der Waals surface area contributed by atoms with Gasteiger partial charge < -0.3 is 14.8 Å². The molecule has 6 heteroatoms. The van der Waals surface area contributed by atoms with Gasteiger partial charge in [0.05, 0.1) is 7.11 Å². The van der Waals surface area contributed by atoms with Gasteiger partial charge in [-0.25, -0.2) is 9.59 Å².